The van der Waals surface area contributed by atoms with E-state index in [1.165, 1.54) is 58.0 Å². The Labute approximate surface area is 114 Å². The van der Waals surface area contributed by atoms with Crippen LogP contribution in [-0.4, -0.2) is 38.1 Å². The van der Waals surface area contributed by atoms with E-state index in [9.17, 15) is 0 Å². The first-order valence-corrected chi connectivity index (χ1v) is 8.08. The van der Waals surface area contributed by atoms with E-state index in [0.29, 0.717) is 0 Å². The molecule has 2 fully saturated rings. The Morgan fingerprint density at radius 2 is 1.83 bits per heavy atom. The summed E-state index contributed by atoms with van der Waals surface area (Å²) in [5.74, 6) is 2.86. The molecule has 0 bridgehead atoms. The number of nitrogens with one attached hydrogen (secondary N) is 1. The Bertz CT molecular complexity index is 237. The molecular formula is C16H32N2. The summed E-state index contributed by atoms with van der Waals surface area (Å²) < 4.78 is 0. The zero-order chi connectivity index (χ0) is 13.0. The van der Waals surface area contributed by atoms with Crippen molar-refractivity contribution < 1.29 is 0 Å². The number of nitrogens with zero attached hydrogens (tertiary/aromatic N) is 1. The van der Waals surface area contributed by atoms with Crippen LogP contribution in [0.1, 0.15) is 51.9 Å². The van der Waals surface area contributed by atoms with Crippen molar-refractivity contribution in [2.75, 3.05) is 27.2 Å². The van der Waals surface area contributed by atoms with Crippen LogP contribution < -0.4 is 5.32 Å². The van der Waals surface area contributed by atoms with Crippen molar-refractivity contribution in [3.63, 3.8) is 0 Å². The molecule has 0 heterocycles. The van der Waals surface area contributed by atoms with E-state index in [1.54, 1.807) is 0 Å². The average Bonchev–Trinajstić information content (AvgIpc) is 2.34. The van der Waals surface area contributed by atoms with Crippen LogP contribution in [-0.2, 0) is 0 Å². The van der Waals surface area contributed by atoms with Gasteiger partial charge in [-0.2, -0.15) is 0 Å². The first-order chi connectivity index (χ1) is 8.72. The van der Waals surface area contributed by atoms with E-state index in [0.717, 1.165) is 23.8 Å². The van der Waals surface area contributed by atoms with E-state index in [4.69, 9.17) is 0 Å². The largest absolute Gasteiger partial charge is 0.317 e. The molecule has 2 saturated carbocycles. The monoisotopic (exact) mass is 252 g/mol. The van der Waals surface area contributed by atoms with Crippen molar-refractivity contribution in [2.45, 2.75) is 57.9 Å². The maximum atomic E-state index is 3.56. The van der Waals surface area contributed by atoms with E-state index in [-0.39, 0.29) is 0 Å². The van der Waals surface area contributed by atoms with Crippen molar-refractivity contribution in [1.29, 1.82) is 0 Å². The lowest BCUT2D eigenvalue weighted by Gasteiger charge is -2.39. The van der Waals surface area contributed by atoms with E-state index < -0.39 is 0 Å². The third-order valence-corrected chi connectivity index (χ3v) is 5.38. The maximum absolute atomic E-state index is 3.56. The summed E-state index contributed by atoms with van der Waals surface area (Å²) >= 11 is 0. The smallest absolute Gasteiger partial charge is 0.0105 e. The quantitative estimate of drug-likeness (QED) is 0.781. The fraction of sp³-hybridized carbons (Fsp3) is 1.00. The number of rotatable bonds is 6. The average molecular weight is 252 g/mol. The molecule has 0 aromatic rings. The Kier molecular flexibility index (Phi) is 5.50. The molecule has 2 aliphatic carbocycles. The lowest BCUT2D eigenvalue weighted by Crippen LogP contribution is -2.45. The molecule has 0 radical (unpaired) electrons. The fourth-order valence-electron chi connectivity index (χ4n) is 3.90. The van der Waals surface area contributed by atoms with Gasteiger partial charge in [-0.05, 0) is 64.0 Å². The van der Waals surface area contributed by atoms with Gasteiger partial charge < -0.3 is 10.2 Å². The zero-order valence-corrected chi connectivity index (χ0v) is 12.6. The third-order valence-electron chi connectivity index (χ3n) is 5.38. The predicted octanol–water partition coefficient (Wildman–Crippen LogP) is 3.13. The van der Waals surface area contributed by atoms with Crippen LogP contribution in [0.25, 0.3) is 0 Å². The first-order valence-electron chi connectivity index (χ1n) is 8.08. The Hall–Kier alpha value is -0.0800. The number of hydrogen-bond acceptors (Lipinski definition) is 2. The highest BCUT2D eigenvalue weighted by atomic mass is 15.1. The van der Waals surface area contributed by atoms with E-state index in [1.807, 2.05) is 0 Å². The van der Waals surface area contributed by atoms with Crippen molar-refractivity contribution >= 4 is 0 Å². The molecule has 2 heteroatoms. The van der Waals surface area contributed by atoms with Gasteiger partial charge in [0.15, 0.2) is 0 Å². The standard InChI is InChI=1S/C16H32N2/c1-4-13-8-9-16(17-2)15(10-13)12-18(3)11-14-6-5-7-14/h13-17H,4-12H2,1-3H3. The normalized spacial score (nSPS) is 33.7. The molecule has 0 aromatic carbocycles. The van der Waals surface area contributed by atoms with Crippen LogP contribution in [0.3, 0.4) is 0 Å². The molecular weight excluding hydrogens is 220 g/mol. The molecule has 0 saturated heterocycles. The van der Waals surface area contributed by atoms with Crippen LogP contribution in [0.15, 0.2) is 0 Å². The van der Waals surface area contributed by atoms with Crippen molar-refractivity contribution in [3.8, 4) is 0 Å². The molecule has 18 heavy (non-hydrogen) atoms. The zero-order valence-electron chi connectivity index (χ0n) is 12.6. The summed E-state index contributed by atoms with van der Waals surface area (Å²) in [5.41, 5.74) is 0. The summed E-state index contributed by atoms with van der Waals surface area (Å²) in [5, 5.41) is 3.56. The minimum absolute atomic E-state index is 0.761. The van der Waals surface area contributed by atoms with Gasteiger partial charge in [0.25, 0.3) is 0 Å². The second kappa shape index (κ2) is 6.91. The van der Waals surface area contributed by atoms with Crippen molar-refractivity contribution in [3.05, 3.63) is 0 Å². The molecule has 1 N–H and O–H groups in total. The molecule has 2 nitrogen and oxygen atoms in total. The van der Waals surface area contributed by atoms with Gasteiger partial charge in [0.05, 0.1) is 0 Å². The molecule has 3 unspecified atom stereocenters. The Morgan fingerprint density at radius 1 is 1.06 bits per heavy atom. The van der Waals surface area contributed by atoms with Gasteiger partial charge in [0, 0.05) is 19.1 Å². The molecule has 0 aliphatic heterocycles. The Balaban J connectivity index is 1.79. The predicted molar refractivity (Wildman–Crippen MR) is 78.8 cm³/mol. The van der Waals surface area contributed by atoms with Crippen molar-refractivity contribution in [2.24, 2.45) is 17.8 Å². The molecule has 0 spiro atoms. The summed E-state index contributed by atoms with van der Waals surface area (Å²) in [4.78, 5) is 2.61. The van der Waals surface area contributed by atoms with Gasteiger partial charge in [-0.25, -0.2) is 0 Å². The van der Waals surface area contributed by atoms with Gasteiger partial charge in [-0.3, -0.25) is 0 Å². The van der Waals surface area contributed by atoms with Crippen LogP contribution in [0.2, 0.25) is 0 Å². The third kappa shape index (κ3) is 3.71. The molecule has 0 amide bonds. The van der Waals surface area contributed by atoms with Gasteiger partial charge in [0.1, 0.15) is 0 Å². The van der Waals surface area contributed by atoms with Gasteiger partial charge in [-0.15, -0.1) is 0 Å². The molecule has 2 rings (SSSR count). The highest BCUT2D eigenvalue weighted by Gasteiger charge is 2.30. The van der Waals surface area contributed by atoms with Crippen LogP contribution in [0, 0.1) is 17.8 Å². The maximum Gasteiger partial charge on any atom is 0.0105 e. The fourth-order valence-corrected chi connectivity index (χ4v) is 3.90. The van der Waals surface area contributed by atoms with Crippen molar-refractivity contribution in [1.82, 2.24) is 10.2 Å². The van der Waals surface area contributed by atoms with Gasteiger partial charge >= 0.3 is 0 Å². The van der Waals surface area contributed by atoms with E-state index >= 15 is 0 Å². The van der Waals surface area contributed by atoms with Crippen LogP contribution in [0.4, 0.5) is 0 Å². The SMILES string of the molecule is CCC1CCC(NC)C(CN(C)CC2CCC2)C1. The summed E-state index contributed by atoms with van der Waals surface area (Å²) in [6.07, 6.45) is 10.1. The summed E-state index contributed by atoms with van der Waals surface area (Å²) in [6, 6.07) is 0.761. The lowest BCUT2D eigenvalue weighted by atomic mass is 9.76. The summed E-state index contributed by atoms with van der Waals surface area (Å²) in [6.45, 7) is 5.00. The van der Waals surface area contributed by atoms with Gasteiger partial charge in [-0.1, -0.05) is 19.8 Å². The molecule has 106 valence electrons. The molecule has 2 aliphatic rings. The van der Waals surface area contributed by atoms with Crippen LogP contribution in [0.5, 0.6) is 0 Å². The first kappa shape index (κ1) is 14.3. The molecule has 0 aromatic heterocycles. The molecule has 3 atom stereocenters. The van der Waals surface area contributed by atoms with Gasteiger partial charge in [0.2, 0.25) is 0 Å². The minimum atomic E-state index is 0.761. The lowest BCUT2D eigenvalue weighted by molar-refractivity contribution is 0.131. The van der Waals surface area contributed by atoms with Crippen LogP contribution >= 0.6 is 0 Å². The second-order valence-electron chi connectivity index (χ2n) is 6.76. The highest BCUT2D eigenvalue weighted by Crippen LogP contribution is 2.32. The summed E-state index contributed by atoms with van der Waals surface area (Å²) in [7, 11) is 4.48. The highest BCUT2D eigenvalue weighted by molar-refractivity contribution is 4.86. The Morgan fingerprint density at radius 3 is 2.39 bits per heavy atom. The van der Waals surface area contributed by atoms with E-state index in [2.05, 4.69) is 31.2 Å². The minimum Gasteiger partial charge on any atom is -0.317 e. The second-order valence-corrected chi connectivity index (χ2v) is 6.76. The number of hydrogen-bond donors (Lipinski definition) is 1. The topological polar surface area (TPSA) is 15.3 Å².